The SMILES string of the molecule is CC/C=C\C/C=C\C/C=C\CCCCCCCCCC(=O)OCC(COC(=O)CCCCCCC/C=C\CCCC)OC(=O)CCCCCCCCCCCCCCCCCC. The van der Waals surface area contributed by atoms with Crippen LogP contribution in [-0.4, -0.2) is 37.2 Å². The topological polar surface area (TPSA) is 78.9 Å². The molecule has 6 nitrogen and oxygen atoms in total. The molecular weight excluding hydrogens is 769 g/mol. The lowest BCUT2D eigenvalue weighted by molar-refractivity contribution is -0.167. The fourth-order valence-electron chi connectivity index (χ4n) is 7.56. The molecule has 0 aliphatic heterocycles. The van der Waals surface area contributed by atoms with E-state index in [4.69, 9.17) is 14.2 Å². The zero-order chi connectivity index (χ0) is 45.1. The van der Waals surface area contributed by atoms with Crippen molar-refractivity contribution in [2.45, 2.75) is 277 Å². The van der Waals surface area contributed by atoms with E-state index in [1.54, 1.807) is 0 Å². The maximum absolute atomic E-state index is 12.8. The number of hydrogen-bond acceptors (Lipinski definition) is 6. The van der Waals surface area contributed by atoms with Crippen molar-refractivity contribution in [2.75, 3.05) is 13.2 Å². The highest BCUT2D eigenvalue weighted by atomic mass is 16.6. The minimum absolute atomic E-state index is 0.0784. The second-order valence-corrected chi connectivity index (χ2v) is 17.8. The van der Waals surface area contributed by atoms with E-state index < -0.39 is 6.10 Å². The average molecular weight is 869 g/mol. The fourth-order valence-corrected chi connectivity index (χ4v) is 7.56. The first-order valence-electron chi connectivity index (χ1n) is 26.6. The van der Waals surface area contributed by atoms with Gasteiger partial charge >= 0.3 is 17.9 Å². The second kappa shape index (κ2) is 51.0. The lowest BCUT2D eigenvalue weighted by Gasteiger charge is -2.18. The molecule has 0 saturated heterocycles. The molecule has 0 rings (SSSR count). The molecule has 0 heterocycles. The largest absolute Gasteiger partial charge is 0.462 e. The Morgan fingerprint density at radius 3 is 1.05 bits per heavy atom. The Kier molecular flexibility index (Phi) is 48.8. The Hall–Kier alpha value is -2.63. The van der Waals surface area contributed by atoms with Crippen molar-refractivity contribution in [3.05, 3.63) is 48.6 Å². The van der Waals surface area contributed by atoms with Crippen LogP contribution in [0.1, 0.15) is 271 Å². The highest BCUT2D eigenvalue weighted by Gasteiger charge is 2.19. The molecule has 0 aromatic carbocycles. The van der Waals surface area contributed by atoms with Gasteiger partial charge in [-0.25, -0.2) is 0 Å². The standard InChI is InChI=1S/C56H100O6/c1-4-7-10-13-16-19-22-24-26-28-30-31-34-37-40-43-46-49-55(58)61-52-53(51-60-54(57)48-45-42-39-36-33-21-18-15-12-9-6-3)62-56(59)50-47-44-41-38-35-32-29-27-25-23-20-17-14-11-8-5-2/h7,10,15-16,18-19,24,26,53H,4-6,8-9,11-14,17,20-23,25,27-52H2,1-3H3/b10-7-,18-15-,19-16-,26-24-. The van der Waals surface area contributed by atoms with Crippen LogP contribution in [0.2, 0.25) is 0 Å². The first-order valence-corrected chi connectivity index (χ1v) is 26.6. The fraction of sp³-hybridized carbons (Fsp3) is 0.804. The maximum atomic E-state index is 12.8. The molecule has 0 saturated carbocycles. The van der Waals surface area contributed by atoms with Crippen LogP contribution in [0.5, 0.6) is 0 Å². The van der Waals surface area contributed by atoms with E-state index in [1.165, 1.54) is 141 Å². The third kappa shape index (κ3) is 48.4. The monoisotopic (exact) mass is 869 g/mol. The lowest BCUT2D eigenvalue weighted by atomic mass is 10.0. The molecule has 0 aromatic heterocycles. The number of allylic oxidation sites excluding steroid dienone is 8. The molecule has 1 unspecified atom stereocenters. The van der Waals surface area contributed by atoms with Gasteiger partial charge < -0.3 is 14.2 Å². The van der Waals surface area contributed by atoms with Crippen LogP contribution in [0.25, 0.3) is 0 Å². The van der Waals surface area contributed by atoms with E-state index in [-0.39, 0.29) is 31.1 Å². The zero-order valence-electron chi connectivity index (χ0n) is 41.1. The number of rotatable bonds is 48. The van der Waals surface area contributed by atoms with Crippen molar-refractivity contribution >= 4 is 17.9 Å². The second-order valence-electron chi connectivity index (χ2n) is 17.8. The molecule has 0 amide bonds. The molecule has 0 aliphatic carbocycles. The molecule has 0 radical (unpaired) electrons. The van der Waals surface area contributed by atoms with E-state index >= 15 is 0 Å². The molecule has 0 fully saturated rings. The molecule has 0 aliphatic rings. The number of carbonyl (C=O) groups is 3. The van der Waals surface area contributed by atoms with Gasteiger partial charge in [-0.05, 0) is 70.6 Å². The third-order valence-electron chi connectivity index (χ3n) is 11.6. The van der Waals surface area contributed by atoms with Crippen molar-refractivity contribution in [1.82, 2.24) is 0 Å². The summed E-state index contributed by atoms with van der Waals surface area (Å²) in [6, 6.07) is 0. The molecule has 360 valence electrons. The maximum Gasteiger partial charge on any atom is 0.306 e. The van der Waals surface area contributed by atoms with E-state index in [0.29, 0.717) is 19.3 Å². The van der Waals surface area contributed by atoms with Gasteiger partial charge in [-0.15, -0.1) is 0 Å². The number of unbranched alkanes of at least 4 members (excludes halogenated alkanes) is 29. The van der Waals surface area contributed by atoms with Crippen LogP contribution >= 0.6 is 0 Å². The molecule has 0 bridgehead atoms. The number of ether oxygens (including phenoxy) is 3. The molecule has 1 atom stereocenters. The Morgan fingerprint density at radius 2 is 0.645 bits per heavy atom. The van der Waals surface area contributed by atoms with Crippen molar-refractivity contribution in [3.63, 3.8) is 0 Å². The van der Waals surface area contributed by atoms with Gasteiger partial charge in [0.2, 0.25) is 0 Å². The summed E-state index contributed by atoms with van der Waals surface area (Å²) in [6.07, 6.45) is 60.9. The Bertz CT molecular complexity index is 1090. The number of esters is 3. The van der Waals surface area contributed by atoms with Crippen LogP contribution in [0, 0.1) is 0 Å². The molecule has 0 aromatic rings. The van der Waals surface area contributed by atoms with Gasteiger partial charge in [-0.1, -0.05) is 230 Å². The van der Waals surface area contributed by atoms with Crippen LogP contribution in [0.4, 0.5) is 0 Å². The molecular formula is C56H100O6. The van der Waals surface area contributed by atoms with E-state index in [9.17, 15) is 14.4 Å². The summed E-state index contributed by atoms with van der Waals surface area (Å²) >= 11 is 0. The van der Waals surface area contributed by atoms with Gasteiger partial charge in [-0.2, -0.15) is 0 Å². The van der Waals surface area contributed by atoms with Gasteiger partial charge in [0.1, 0.15) is 13.2 Å². The smallest absolute Gasteiger partial charge is 0.306 e. The summed E-state index contributed by atoms with van der Waals surface area (Å²) in [5, 5.41) is 0. The first-order chi connectivity index (χ1) is 30.5. The predicted molar refractivity (Wildman–Crippen MR) is 265 cm³/mol. The summed E-state index contributed by atoms with van der Waals surface area (Å²) in [6.45, 7) is 6.50. The third-order valence-corrected chi connectivity index (χ3v) is 11.6. The van der Waals surface area contributed by atoms with Crippen molar-refractivity contribution in [1.29, 1.82) is 0 Å². The van der Waals surface area contributed by atoms with Crippen LogP contribution < -0.4 is 0 Å². The van der Waals surface area contributed by atoms with E-state index in [1.807, 2.05) is 0 Å². The van der Waals surface area contributed by atoms with E-state index in [0.717, 1.165) is 89.9 Å². The molecule has 62 heavy (non-hydrogen) atoms. The van der Waals surface area contributed by atoms with Gasteiger partial charge in [-0.3, -0.25) is 14.4 Å². The van der Waals surface area contributed by atoms with Crippen LogP contribution in [0.3, 0.4) is 0 Å². The summed E-state index contributed by atoms with van der Waals surface area (Å²) in [5.74, 6) is -0.887. The van der Waals surface area contributed by atoms with Gasteiger partial charge in [0, 0.05) is 19.3 Å². The number of hydrogen-bond donors (Lipinski definition) is 0. The van der Waals surface area contributed by atoms with E-state index in [2.05, 4.69) is 69.4 Å². The first kappa shape index (κ1) is 59.4. The summed E-state index contributed by atoms with van der Waals surface area (Å²) < 4.78 is 16.8. The van der Waals surface area contributed by atoms with Crippen molar-refractivity contribution in [3.8, 4) is 0 Å². The van der Waals surface area contributed by atoms with Crippen LogP contribution in [-0.2, 0) is 28.6 Å². The lowest BCUT2D eigenvalue weighted by Crippen LogP contribution is -2.30. The van der Waals surface area contributed by atoms with Crippen molar-refractivity contribution < 1.29 is 28.6 Å². The summed E-state index contributed by atoms with van der Waals surface area (Å²) in [5.41, 5.74) is 0. The minimum Gasteiger partial charge on any atom is -0.462 e. The molecule has 0 N–H and O–H groups in total. The average Bonchev–Trinajstić information content (AvgIpc) is 3.27. The summed E-state index contributed by atoms with van der Waals surface area (Å²) in [4.78, 5) is 38.0. The predicted octanol–water partition coefficient (Wildman–Crippen LogP) is 17.5. The van der Waals surface area contributed by atoms with Crippen LogP contribution in [0.15, 0.2) is 48.6 Å². The molecule has 6 heteroatoms. The Morgan fingerprint density at radius 1 is 0.339 bits per heavy atom. The highest BCUT2D eigenvalue weighted by molar-refractivity contribution is 5.71. The normalized spacial score (nSPS) is 12.4. The van der Waals surface area contributed by atoms with Gasteiger partial charge in [0.05, 0.1) is 0 Å². The Labute approximate surface area is 384 Å². The van der Waals surface area contributed by atoms with Gasteiger partial charge in [0.15, 0.2) is 6.10 Å². The minimum atomic E-state index is -0.777. The Balaban J connectivity index is 4.35. The summed E-state index contributed by atoms with van der Waals surface area (Å²) in [7, 11) is 0. The quantitative estimate of drug-likeness (QED) is 0.0262. The molecule has 0 spiro atoms. The van der Waals surface area contributed by atoms with Gasteiger partial charge in [0.25, 0.3) is 0 Å². The number of carbonyl (C=O) groups excluding carboxylic acids is 3. The van der Waals surface area contributed by atoms with Crippen molar-refractivity contribution in [2.24, 2.45) is 0 Å². The zero-order valence-corrected chi connectivity index (χ0v) is 41.1. The highest BCUT2D eigenvalue weighted by Crippen LogP contribution is 2.16.